The molecule has 1 aromatic carbocycles. The molecular weight excluding hydrogens is 192 g/mol. The fourth-order valence-corrected chi connectivity index (χ4v) is 1.13. The maximum absolute atomic E-state index is 5.50. The Morgan fingerprint density at radius 3 is 2.53 bits per heavy atom. The van der Waals surface area contributed by atoms with Gasteiger partial charge in [0, 0.05) is 19.7 Å². The average Bonchev–Trinajstić information content (AvgIpc) is 2.18. The summed E-state index contributed by atoms with van der Waals surface area (Å²) in [6, 6.07) is 7.59. The summed E-state index contributed by atoms with van der Waals surface area (Å²) in [5, 5.41) is 1.59. The smallest absolute Gasteiger partial charge is 0.123 e. The Balaban J connectivity index is 2.43. The van der Waals surface area contributed by atoms with Crippen LogP contribution in [0.4, 0.5) is 0 Å². The summed E-state index contributed by atoms with van der Waals surface area (Å²) in [5.41, 5.74) is 0. The molecule has 84 valence electrons. The number of nitrogens with two attached hydrogens (primary N) is 1. The van der Waals surface area contributed by atoms with Crippen molar-refractivity contribution in [2.75, 3.05) is 26.8 Å². The van der Waals surface area contributed by atoms with E-state index in [2.05, 4.69) is 0 Å². The van der Waals surface area contributed by atoms with E-state index in [0.29, 0.717) is 19.8 Å². The molecule has 0 unspecified atom stereocenters. The molecule has 0 saturated carbocycles. The van der Waals surface area contributed by atoms with Gasteiger partial charge in [0.25, 0.3) is 0 Å². The standard InChI is InChI=1S/C11H18N2O2/c1-3-14-10-5-4-6-11(9-10)15-8-7-13(2)12/h4-6,9H,3,7-8,12H2,1-2H3. The Morgan fingerprint density at radius 1 is 1.27 bits per heavy atom. The molecule has 0 aromatic heterocycles. The zero-order valence-corrected chi connectivity index (χ0v) is 9.27. The topological polar surface area (TPSA) is 47.7 Å². The van der Waals surface area contributed by atoms with Crippen LogP contribution < -0.4 is 15.3 Å². The molecule has 0 aliphatic heterocycles. The molecule has 4 nitrogen and oxygen atoms in total. The van der Waals surface area contributed by atoms with Crippen LogP contribution in [0.2, 0.25) is 0 Å². The van der Waals surface area contributed by atoms with Crippen LogP contribution in [0, 0.1) is 0 Å². The third-order valence-corrected chi connectivity index (χ3v) is 1.83. The SMILES string of the molecule is CCOc1cccc(OCCN(C)N)c1. The number of hydrazine groups is 1. The van der Waals surface area contributed by atoms with Gasteiger partial charge >= 0.3 is 0 Å². The first kappa shape index (κ1) is 11.8. The molecular formula is C11H18N2O2. The molecule has 0 amide bonds. The summed E-state index contributed by atoms with van der Waals surface area (Å²) in [6.07, 6.45) is 0. The molecule has 0 radical (unpaired) electrons. The molecule has 1 aromatic rings. The Morgan fingerprint density at radius 2 is 1.93 bits per heavy atom. The van der Waals surface area contributed by atoms with Gasteiger partial charge in [-0.05, 0) is 19.1 Å². The van der Waals surface area contributed by atoms with Crippen LogP contribution in [0.3, 0.4) is 0 Å². The van der Waals surface area contributed by atoms with E-state index in [1.165, 1.54) is 0 Å². The van der Waals surface area contributed by atoms with Crippen LogP contribution in [0.25, 0.3) is 0 Å². The minimum absolute atomic E-state index is 0.572. The van der Waals surface area contributed by atoms with Crippen molar-refractivity contribution >= 4 is 0 Å². The second-order valence-electron chi connectivity index (χ2n) is 3.24. The maximum atomic E-state index is 5.50. The zero-order chi connectivity index (χ0) is 11.1. The summed E-state index contributed by atoms with van der Waals surface area (Å²) in [6.45, 7) is 3.88. The number of benzene rings is 1. The maximum Gasteiger partial charge on any atom is 0.123 e. The van der Waals surface area contributed by atoms with Gasteiger partial charge in [-0.3, -0.25) is 5.84 Å². The van der Waals surface area contributed by atoms with Crippen LogP contribution in [-0.2, 0) is 0 Å². The minimum atomic E-state index is 0.572. The first-order valence-electron chi connectivity index (χ1n) is 5.04. The Kier molecular flexibility index (Phi) is 4.93. The van der Waals surface area contributed by atoms with E-state index in [9.17, 15) is 0 Å². The van der Waals surface area contributed by atoms with Crippen molar-refractivity contribution in [3.8, 4) is 11.5 Å². The lowest BCUT2D eigenvalue weighted by Crippen LogP contribution is -2.30. The lowest BCUT2D eigenvalue weighted by Gasteiger charge is -2.11. The van der Waals surface area contributed by atoms with Crippen molar-refractivity contribution < 1.29 is 9.47 Å². The van der Waals surface area contributed by atoms with Crippen LogP contribution in [0.15, 0.2) is 24.3 Å². The summed E-state index contributed by atoms with van der Waals surface area (Å²) in [7, 11) is 1.81. The van der Waals surface area contributed by atoms with Crippen molar-refractivity contribution in [3.63, 3.8) is 0 Å². The summed E-state index contributed by atoms with van der Waals surface area (Å²) < 4.78 is 10.9. The van der Waals surface area contributed by atoms with Gasteiger partial charge in [0.2, 0.25) is 0 Å². The predicted molar refractivity (Wildman–Crippen MR) is 59.9 cm³/mol. The van der Waals surface area contributed by atoms with E-state index in [4.69, 9.17) is 15.3 Å². The van der Waals surface area contributed by atoms with E-state index in [0.717, 1.165) is 11.5 Å². The van der Waals surface area contributed by atoms with Gasteiger partial charge in [-0.15, -0.1) is 0 Å². The predicted octanol–water partition coefficient (Wildman–Crippen LogP) is 1.27. The van der Waals surface area contributed by atoms with Crippen molar-refractivity contribution in [1.29, 1.82) is 0 Å². The number of nitrogens with zero attached hydrogens (tertiary/aromatic N) is 1. The normalized spacial score (nSPS) is 10.4. The number of hydrogen-bond acceptors (Lipinski definition) is 4. The number of hydrogen-bond donors (Lipinski definition) is 1. The van der Waals surface area contributed by atoms with Gasteiger partial charge in [-0.25, -0.2) is 5.01 Å². The van der Waals surface area contributed by atoms with Gasteiger partial charge in [-0.1, -0.05) is 6.07 Å². The second kappa shape index (κ2) is 6.27. The van der Waals surface area contributed by atoms with E-state index in [1.54, 1.807) is 12.1 Å². The highest BCUT2D eigenvalue weighted by atomic mass is 16.5. The molecule has 1 rings (SSSR count). The Labute approximate surface area is 90.6 Å². The van der Waals surface area contributed by atoms with Gasteiger partial charge in [0.1, 0.15) is 18.1 Å². The molecule has 4 heteroatoms. The molecule has 0 fully saturated rings. The van der Waals surface area contributed by atoms with E-state index in [1.807, 2.05) is 31.2 Å². The van der Waals surface area contributed by atoms with Gasteiger partial charge in [0.05, 0.1) is 6.61 Å². The molecule has 15 heavy (non-hydrogen) atoms. The average molecular weight is 210 g/mol. The summed E-state index contributed by atoms with van der Waals surface area (Å²) >= 11 is 0. The highest BCUT2D eigenvalue weighted by molar-refractivity contribution is 5.32. The molecule has 0 aliphatic carbocycles. The quantitative estimate of drug-likeness (QED) is 0.567. The van der Waals surface area contributed by atoms with Crippen LogP contribution in [0.5, 0.6) is 11.5 Å². The van der Waals surface area contributed by atoms with Crippen LogP contribution in [-0.4, -0.2) is 31.8 Å². The van der Waals surface area contributed by atoms with E-state index < -0.39 is 0 Å². The first-order valence-corrected chi connectivity index (χ1v) is 5.04. The lowest BCUT2D eigenvalue weighted by molar-refractivity contribution is 0.240. The molecule has 0 bridgehead atoms. The number of rotatable bonds is 6. The van der Waals surface area contributed by atoms with Crippen LogP contribution >= 0.6 is 0 Å². The third-order valence-electron chi connectivity index (χ3n) is 1.83. The third kappa shape index (κ3) is 4.67. The highest BCUT2D eigenvalue weighted by Gasteiger charge is 1.97. The van der Waals surface area contributed by atoms with E-state index >= 15 is 0 Å². The Hall–Kier alpha value is -1.26. The second-order valence-corrected chi connectivity index (χ2v) is 3.24. The van der Waals surface area contributed by atoms with Gasteiger partial charge in [0.15, 0.2) is 0 Å². The van der Waals surface area contributed by atoms with Gasteiger partial charge in [-0.2, -0.15) is 0 Å². The van der Waals surface area contributed by atoms with E-state index in [-0.39, 0.29) is 0 Å². The summed E-state index contributed by atoms with van der Waals surface area (Å²) in [4.78, 5) is 0. The first-order chi connectivity index (χ1) is 7.22. The summed E-state index contributed by atoms with van der Waals surface area (Å²) in [5.74, 6) is 7.10. The fraction of sp³-hybridized carbons (Fsp3) is 0.455. The molecule has 0 heterocycles. The number of ether oxygens (including phenoxy) is 2. The van der Waals surface area contributed by atoms with Gasteiger partial charge < -0.3 is 9.47 Å². The highest BCUT2D eigenvalue weighted by Crippen LogP contribution is 2.19. The minimum Gasteiger partial charge on any atom is -0.494 e. The molecule has 0 aliphatic rings. The van der Waals surface area contributed by atoms with Crippen molar-refractivity contribution in [1.82, 2.24) is 5.01 Å². The molecule has 0 saturated heterocycles. The lowest BCUT2D eigenvalue weighted by atomic mass is 10.3. The van der Waals surface area contributed by atoms with Crippen LogP contribution in [0.1, 0.15) is 6.92 Å². The monoisotopic (exact) mass is 210 g/mol. The van der Waals surface area contributed by atoms with Crippen molar-refractivity contribution in [2.24, 2.45) is 5.84 Å². The molecule has 2 N–H and O–H groups in total. The largest absolute Gasteiger partial charge is 0.494 e. The molecule has 0 spiro atoms. The molecule has 0 atom stereocenters. The van der Waals surface area contributed by atoms with Crippen molar-refractivity contribution in [2.45, 2.75) is 6.92 Å². The fourth-order valence-electron chi connectivity index (χ4n) is 1.13. The Bertz CT molecular complexity index is 290. The number of likely N-dealkylation sites (N-methyl/N-ethyl adjacent to an activating group) is 1. The van der Waals surface area contributed by atoms with Crippen molar-refractivity contribution in [3.05, 3.63) is 24.3 Å². The zero-order valence-electron chi connectivity index (χ0n) is 9.27.